The maximum absolute atomic E-state index is 11.2. The highest BCUT2D eigenvalue weighted by atomic mass is 32.2. The van der Waals surface area contributed by atoms with Crippen LogP contribution in [0.4, 0.5) is 0 Å². The van der Waals surface area contributed by atoms with Crippen LogP contribution >= 0.6 is 11.8 Å². The lowest BCUT2D eigenvalue weighted by atomic mass is 10.2. The lowest BCUT2D eigenvalue weighted by Gasteiger charge is -2.08. The van der Waals surface area contributed by atoms with Gasteiger partial charge in [0.05, 0.1) is 12.5 Å². The summed E-state index contributed by atoms with van der Waals surface area (Å²) in [4.78, 5) is 23.4. The first-order chi connectivity index (χ1) is 8.25. The zero-order valence-corrected chi connectivity index (χ0v) is 10.1. The number of hydrogen-bond donors (Lipinski definition) is 2. The third kappa shape index (κ3) is 3.57. The number of nitrogens with one attached hydrogen (secondary N) is 2. The van der Waals surface area contributed by atoms with E-state index < -0.39 is 0 Å². The summed E-state index contributed by atoms with van der Waals surface area (Å²) >= 11 is 1.73. The minimum atomic E-state index is -0.348. The fraction of sp³-hybridized carbons (Fsp3) is 0.333. The number of rotatable bonds is 5. The molecule has 4 nitrogen and oxygen atoms in total. The number of imide groups is 1. The predicted molar refractivity (Wildman–Crippen MR) is 66.7 cm³/mol. The Morgan fingerprint density at radius 1 is 1.29 bits per heavy atom. The first-order valence-electron chi connectivity index (χ1n) is 5.50. The normalized spacial score (nSPS) is 19.4. The highest BCUT2D eigenvalue weighted by molar-refractivity contribution is 7.99. The maximum Gasteiger partial charge on any atom is 0.244 e. The molecule has 0 saturated carbocycles. The van der Waals surface area contributed by atoms with Crippen molar-refractivity contribution in [1.82, 2.24) is 10.6 Å². The molecular weight excluding hydrogens is 236 g/mol. The molecule has 1 fully saturated rings. The van der Waals surface area contributed by atoms with Gasteiger partial charge in [0.25, 0.3) is 0 Å². The van der Waals surface area contributed by atoms with Crippen molar-refractivity contribution in [3.63, 3.8) is 0 Å². The highest BCUT2D eigenvalue weighted by Crippen LogP contribution is 2.15. The molecule has 2 rings (SSSR count). The summed E-state index contributed by atoms with van der Waals surface area (Å²) in [6.07, 6.45) is 0.259. The second-order valence-electron chi connectivity index (χ2n) is 3.78. The fourth-order valence-electron chi connectivity index (χ4n) is 1.64. The van der Waals surface area contributed by atoms with Gasteiger partial charge in [0.1, 0.15) is 0 Å². The third-order valence-electron chi connectivity index (χ3n) is 2.47. The van der Waals surface area contributed by atoms with Gasteiger partial charge >= 0.3 is 0 Å². The first-order valence-corrected chi connectivity index (χ1v) is 6.49. The van der Waals surface area contributed by atoms with E-state index in [2.05, 4.69) is 22.8 Å². The number of amides is 2. The van der Waals surface area contributed by atoms with Crippen molar-refractivity contribution in [3.8, 4) is 0 Å². The van der Waals surface area contributed by atoms with Crippen LogP contribution in [0.1, 0.15) is 6.42 Å². The summed E-state index contributed by atoms with van der Waals surface area (Å²) in [5.74, 6) is 0.477. The average Bonchev–Trinajstić information content (AvgIpc) is 2.65. The zero-order valence-electron chi connectivity index (χ0n) is 9.31. The average molecular weight is 250 g/mol. The van der Waals surface area contributed by atoms with E-state index in [4.69, 9.17) is 0 Å². The minimum Gasteiger partial charge on any atom is -0.305 e. The van der Waals surface area contributed by atoms with E-state index in [1.165, 1.54) is 4.90 Å². The number of hydrogen-bond acceptors (Lipinski definition) is 4. The van der Waals surface area contributed by atoms with Crippen LogP contribution in [0.2, 0.25) is 0 Å². The van der Waals surface area contributed by atoms with Crippen molar-refractivity contribution >= 4 is 23.6 Å². The summed E-state index contributed by atoms with van der Waals surface area (Å²) in [6.45, 7) is 0.713. The summed E-state index contributed by atoms with van der Waals surface area (Å²) in [5.41, 5.74) is 0. The van der Waals surface area contributed by atoms with E-state index in [-0.39, 0.29) is 24.3 Å². The van der Waals surface area contributed by atoms with Crippen LogP contribution in [-0.4, -0.2) is 30.2 Å². The van der Waals surface area contributed by atoms with E-state index in [9.17, 15) is 9.59 Å². The van der Waals surface area contributed by atoms with Gasteiger partial charge in [-0.2, -0.15) is 0 Å². The lowest BCUT2D eigenvalue weighted by molar-refractivity contribution is -0.125. The highest BCUT2D eigenvalue weighted by Gasteiger charge is 2.29. The molecule has 2 amide bonds. The topological polar surface area (TPSA) is 58.2 Å². The molecule has 0 aliphatic carbocycles. The minimum absolute atomic E-state index is 0.191. The molecule has 0 spiro atoms. The van der Waals surface area contributed by atoms with Gasteiger partial charge in [0, 0.05) is 17.2 Å². The van der Waals surface area contributed by atoms with Crippen LogP contribution < -0.4 is 10.6 Å². The van der Waals surface area contributed by atoms with E-state index in [0.29, 0.717) is 6.54 Å². The number of carbonyl (C=O) groups excluding carboxylic acids is 2. The van der Waals surface area contributed by atoms with E-state index in [1.807, 2.05) is 18.2 Å². The fourth-order valence-corrected chi connectivity index (χ4v) is 2.44. The molecule has 1 aromatic carbocycles. The molecule has 0 aromatic heterocycles. The van der Waals surface area contributed by atoms with E-state index >= 15 is 0 Å². The molecule has 0 bridgehead atoms. The van der Waals surface area contributed by atoms with Gasteiger partial charge < -0.3 is 5.32 Å². The van der Waals surface area contributed by atoms with E-state index in [1.54, 1.807) is 11.8 Å². The molecule has 1 aromatic rings. The van der Waals surface area contributed by atoms with Crippen molar-refractivity contribution < 1.29 is 9.59 Å². The largest absolute Gasteiger partial charge is 0.305 e. The van der Waals surface area contributed by atoms with Crippen LogP contribution in [0.15, 0.2) is 35.2 Å². The first kappa shape index (κ1) is 12.1. The molecular formula is C12H14N2O2S. The maximum atomic E-state index is 11.2. The summed E-state index contributed by atoms with van der Waals surface area (Å²) in [5, 5.41) is 5.36. The summed E-state index contributed by atoms with van der Waals surface area (Å²) in [6, 6.07) is 9.74. The van der Waals surface area contributed by atoms with Gasteiger partial charge in [-0.1, -0.05) is 18.2 Å². The molecule has 0 radical (unpaired) electrons. The molecule has 90 valence electrons. The molecule has 1 atom stereocenters. The quantitative estimate of drug-likeness (QED) is 0.461. The summed E-state index contributed by atoms with van der Waals surface area (Å²) < 4.78 is 0. The van der Waals surface area contributed by atoms with Gasteiger partial charge in [0.15, 0.2) is 0 Å². The standard InChI is InChI=1S/C12H14N2O2S/c15-11-8-10(12(16)14-11)13-6-7-17-9-4-2-1-3-5-9/h1-5,10,13H,6-8H2,(H,14,15,16). The van der Waals surface area contributed by atoms with Crippen molar-refractivity contribution in [2.45, 2.75) is 17.4 Å². The monoisotopic (exact) mass is 250 g/mol. The Kier molecular flexibility index (Phi) is 4.17. The van der Waals surface area contributed by atoms with Gasteiger partial charge in [-0.25, -0.2) is 0 Å². The van der Waals surface area contributed by atoms with Gasteiger partial charge in [-0.15, -0.1) is 11.8 Å². The van der Waals surface area contributed by atoms with Crippen molar-refractivity contribution in [3.05, 3.63) is 30.3 Å². The van der Waals surface area contributed by atoms with Gasteiger partial charge in [-0.05, 0) is 12.1 Å². The molecule has 5 heteroatoms. The molecule has 1 aliphatic heterocycles. The Morgan fingerprint density at radius 2 is 2.06 bits per heavy atom. The second kappa shape index (κ2) is 5.84. The Hall–Kier alpha value is -1.33. The van der Waals surface area contributed by atoms with Crippen molar-refractivity contribution in [2.75, 3.05) is 12.3 Å². The van der Waals surface area contributed by atoms with Crippen LogP contribution in [-0.2, 0) is 9.59 Å². The Balaban J connectivity index is 1.67. The smallest absolute Gasteiger partial charge is 0.244 e. The molecule has 2 N–H and O–H groups in total. The number of thioether (sulfide) groups is 1. The number of carbonyl (C=O) groups is 2. The van der Waals surface area contributed by atoms with Gasteiger partial charge in [0.2, 0.25) is 11.8 Å². The molecule has 1 saturated heterocycles. The van der Waals surface area contributed by atoms with E-state index in [0.717, 1.165) is 5.75 Å². The lowest BCUT2D eigenvalue weighted by Crippen LogP contribution is -2.37. The van der Waals surface area contributed by atoms with Crippen LogP contribution in [0.25, 0.3) is 0 Å². The molecule has 1 aliphatic rings. The summed E-state index contributed by atoms with van der Waals surface area (Å²) in [7, 11) is 0. The SMILES string of the molecule is O=C1CC(NCCSc2ccccc2)C(=O)N1. The molecule has 17 heavy (non-hydrogen) atoms. The Labute approximate surface area is 104 Å². The second-order valence-corrected chi connectivity index (χ2v) is 4.95. The Morgan fingerprint density at radius 3 is 2.71 bits per heavy atom. The number of benzene rings is 1. The van der Waals surface area contributed by atoms with Crippen LogP contribution in [0.5, 0.6) is 0 Å². The zero-order chi connectivity index (χ0) is 12.1. The third-order valence-corrected chi connectivity index (χ3v) is 3.49. The molecule has 1 unspecified atom stereocenters. The van der Waals surface area contributed by atoms with Gasteiger partial charge in [-0.3, -0.25) is 14.9 Å². The molecule has 1 heterocycles. The van der Waals surface area contributed by atoms with Crippen molar-refractivity contribution in [1.29, 1.82) is 0 Å². The van der Waals surface area contributed by atoms with Crippen LogP contribution in [0, 0.1) is 0 Å². The van der Waals surface area contributed by atoms with Crippen LogP contribution in [0.3, 0.4) is 0 Å². The predicted octanol–water partition coefficient (Wildman–Crippen LogP) is 0.783. The Bertz CT molecular complexity index is 408. The van der Waals surface area contributed by atoms with Crippen molar-refractivity contribution in [2.24, 2.45) is 0 Å².